The average molecular weight is 244 g/mol. The highest BCUT2D eigenvalue weighted by atomic mass is 32.2. The van der Waals surface area contributed by atoms with E-state index >= 15 is 0 Å². The van der Waals surface area contributed by atoms with Crippen molar-refractivity contribution in [3.05, 3.63) is 20.1 Å². The maximum atomic E-state index is 11.2. The van der Waals surface area contributed by atoms with Gasteiger partial charge >= 0.3 is 0 Å². The Labute approximate surface area is 96.2 Å². The maximum Gasteiger partial charge on any atom is 0.167 e. The Kier molecular flexibility index (Phi) is 4.10. The molecule has 1 aliphatic rings. The van der Waals surface area contributed by atoms with Crippen LogP contribution in [0.1, 0.15) is 13.8 Å². The molecule has 0 atom stereocenters. The molecule has 1 rings (SSSR count). The average Bonchev–Trinajstić information content (AvgIpc) is 2.49. The topological polar surface area (TPSA) is 34.1 Å². The van der Waals surface area contributed by atoms with Crippen LogP contribution in [0, 0.1) is 0 Å². The van der Waals surface area contributed by atoms with Gasteiger partial charge in [-0.05, 0) is 19.9 Å². The van der Waals surface area contributed by atoms with Gasteiger partial charge in [-0.3, -0.25) is 9.59 Å². The first kappa shape index (κ1) is 11.7. The van der Waals surface area contributed by atoms with Crippen LogP contribution in [0.15, 0.2) is 20.1 Å². The van der Waals surface area contributed by atoms with Gasteiger partial charge in [0.2, 0.25) is 0 Å². The minimum absolute atomic E-state index is 0.0690. The summed E-state index contributed by atoms with van der Waals surface area (Å²) in [6.07, 6.45) is 1.73. The molecule has 0 bridgehead atoms. The number of carbonyl (C=O) groups excluding carboxylic acids is 2. The van der Waals surface area contributed by atoms with E-state index in [4.69, 9.17) is 0 Å². The van der Waals surface area contributed by atoms with Crippen molar-refractivity contribution in [3.8, 4) is 0 Å². The van der Waals surface area contributed by atoms with Crippen LogP contribution in [0.2, 0.25) is 0 Å². The van der Waals surface area contributed by atoms with Crippen molar-refractivity contribution in [2.75, 3.05) is 0 Å². The molecule has 0 aliphatic carbocycles. The fourth-order valence-corrected chi connectivity index (χ4v) is 3.56. The predicted molar refractivity (Wildman–Crippen MR) is 65.3 cm³/mol. The summed E-state index contributed by atoms with van der Waals surface area (Å²) in [5.41, 5.74) is 0. The van der Waals surface area contributed by atoms with Gasteiger partial charge in [0.05, 0.1) is 14.0 Å². The highest BCUT2D eigenvalue weighted by Gasteiger charge is 2.26. The number of allylic oxidation sites excluding steroid dienone is 3. The van der Waals surface area contributed by atoms with E-state index < -0.39 is 0 Å². The Morgan fingerprint density at radius 1 is 1.14 bits per heavy atom. The van der Waals surface area contributed by atoms with Crippen molar-refractivity contribution in [1.82, 2.24) is 0 Å². The van der Waals surface area contributed by atoms with Gasteiger partial charge in [0.25, 0.3) is 0 Å². The van der Waals surface area contributed by atoms with Crippen LogP contribution >= 0.6 is 35.7 Å². The second kappa shape index (κ2) is 4.91. The number of rotatable bonds is 3. The fraction of sp³-hybridized carbons (Fsp3) is 0.222. The smallest absolute Gasteiger partial charge is 0.167 e. The van der Waals surface area contributed by atoms with Gasteiger partial charge in [-0.2, -0.15) is 0 Å². The molecule has 0 unspecified atom stereocenters. The van der Waals surface area contributed by atoms with Crippen LogP contribution in [0.25, 0.3) is 0 Å². The largest absolute Gasteiger partial charge is 0.294 e. The van der Waals surface area contributed by atoms with Crippen molar-refractivity contribution in [1.29, 1.82) is 0 Å². The molecule has 1 aliphatic heterocycles. The molecule has 14 heavy (non-hydrogen) atoms. The van der Waals surface area contributed by atoms with Crippen LogP contribution in [0.4, 0.5) is 0 Å². The van der Waals surface area contributed by atoms with E-state index in [-0.39, 0.29) is 11.6 Å². The second-order valence-corrected chi connectivity index (χ2v) is 5.23. The molecule has 0 amide bonds. The SMILES string of the molecule is CC(=O)C1=C(C(C)=O)SC(=CC=S)S1. The number of carbonyl (C=O) groups is 2. The summed E-state index contributed by atoms with van der Waals surface area (Å²) in [4.78, 5) is 23.5. The number of hydrogen-bond donors (Lipinski definition) is 0. The molecule has 0 saturated heterocycles. The van der Waals surface area contributed by atoms with Crippen molar-refractivity contribution < 1.29 is 9.59 Å². The molecule has 74 valence electrons. The Hall–Kier alpha value is -0.390. The van der Waals surface area contributed by atoms with E-state index in [1.54, 1.807) is 6.08 Å². The molecular formula is C9H8O2S3. The molecule has 0 aromatic rings. The van der Waals surface area contributed by atoms with Crippen molar-refractivity contribution in [2.45, 2.75) is 13.8 Å². The third kappa shape index (κ3) is 2.56. The summed E-state index contributed by atoms with van der Waals surface area (Å²) in [5.74, 6) is -0.138. The molecule has 0 aromatic heterocycles. The van der Waals surface area contributed by atoms with Crippen molar-refractivity contribution in [3.63, 3.8) is 0 Å². The Bertz CT molecular complexity index is 338. The van der Waals surface area contributed by atoms with Gasteiger partial charge in [-0.1, -0.05) is 35.7 Å². The minimum Gasteiger partial charge on any atom is -0.294 e. The summed E-state index contributed by atoms with van der Waals surface area (Å²) in [6.45, 7) is 2.93. The van der Waals surface area contributed by atoms with E-state index in [0.29, 0.717) is 9.81 Å². The quantitative estimate of drug-likeness (QED) is 0.563. The highest BCUT2D eigenvalue weighted by Crippen LogP contribution is 2.49. The first-order chi connectivity index (χ1) is 6.56. The van der Waals surface area contributed by atoms with Gasteiger partial charge in [0, 0.05) is 5.37 Å². The Balaban J connectivity index is 3.01. The molecule has 0 radical (unpaired) electrons. The van der Waals surface area contributed by atoms with E-state index in [2.05, 4.69) is 12.2 Å². The summed E-state index contributed by atoms with van der Waals surface area (Å²) in [5, 5.41) is 1.48. The summed E-state index contributed by atoms with van der Waals surface area (Å²) < 4.78 is 0.885. The molecule has 0 aromatic carbocycles. The molecule has 0 N–H and O–H groups in total. The molecule has 0 saturated carbocycles. The van der Waals surface area contributed by atoms with Crippen LogP contribution < -0.4 is 0 Å². The lowest BCUT2D eigenvalue weighted by molar-refractivity contribution is -0.115. The molecular weight excluding hydrogens is 236 g/mol. The monoisotopic (exact) mass is 244 g/mol. The number of thiocarbonyl (C=S) groups is 1. The normalized spacial score (nSPS) is 15.7. The summed E-state index contributed by atoms with van der Waals surface area (Å²) in [7, 11) is 0. The molecule has 2 nitrogen and oxygen atoms in total. The van der Waals surface area contributed by atoms with E-state index in [1.807, 2.05) is 0 Å². The van der Waals surface area contributed by atoms with Crippen molar-refractivity contribution >= 4 is 52.7 Å². The van der Waals surface area contributed by atoms with E-state index in [9.17, 15) is 9.59 Å². The third-order valence-electron chi connectivity index (χ3n) is 1.46. The lowest BCUT2D eigenvalue weighted by Crippen LogP contribution is -1.98. The third-order valence-corrected chi connectivity index (χ3v) is 4.29. The molecule has 0 spiro atoms. The van der Waals surface area contributed by atoms with Crippen LogP contribution in [0.3, 0.4) is 0 Å². The zero-order valence-corrected chi connectivity index (χ0v) is 10.1. The Morgan fingerprint density at radius 3 is 1.86 bits per heavy atom. The van der Waals surface area contributed by atoms with Gasteiger partial charge < -0.3 is 0 Å². The first-order valence-corrected chi connectivity index (χ1v) is 5.94. The zero-order valence-electron chi connectivity index (χ0n) is 7.70. The maximum absolute atomic E-state index is 11.2. The Morgan fingerprint density at radius 2 is 1.57 bits per heavy atom. The lowest BCUT2D eigenvalue weighted by Gasteiger charge is -1.94. The van der Waals surface area contributed by atoms with E-state index in [1.165, 1.54) is 42.7 Å². The van der Waals surface area contributed by atoms with Gasteiger partial charge in [0.1, 0.15) is 0 Å². The molecule has 5 heteroatoms. The van der Waals surface area contributed by atoms with Crippen LogP contribution in [-0.4, -0.2) is 16.9 Å². The minimum atomic E-state index is -0.0690. The van der Waals surface area contributed by atoms with Gasteiger partial charge in [-0.25, -0.2) is 0 Å². The van der Waals surface area contributed by atoms with Crippen LogP contribution in [0.5, 0.6) is 0 Å². The highest BCUT2D eigenvalue weighted by molar-refractivity contribution is 8.29. The zero-order chi connectivity index (χ0) is 10.7. The standard InChI is InChI=1S/C9H8O2S3/c1-5(10)8-9(6(2)11)14-7(13-8)3-4-12/h3-4H,1-2H3. The summed E-state index contributed by atoms with van der Waals surface area (Å²) >= 11 is 7.31. The van der Waals surface area contributed by atoms with Gasteiger partial charge in [0.15, 0.2) is 11.6 Å². The number of hydrogen-bond acceptors (Lipinski definition) is 5. The molecule has 1 heterocycles. The summed E-state index contributed by atoms with van der Waals surface area (Å²) in [6, 6.07) is 0. The lowest BCUT2D eigenvalue weighted by atomic mass is 10.3. The van der Waals surface area contributed by atoms with E-state index in [0.717, 1.165) is 4.24 Å². The fourth-order valence-electron chi connectivity index (χ4n) is 0.902. The number of ketones is 2. The predicted octanol–water partition coefficient (Wildman–Crippen LogP) is 2.70. The van der Waals surface area contributed by atoms with Gasteiger partial charge in [-0.15, -0.1) is 0 Å². The van der Waals surface area contributed by atoms with Crippen molar-refractivity contribution in [2.24, 2.45) is 0 Å². The number of Topliss-reactive ketones (excluding diaryl/α,β-unsaturated/α-hetero) is 2. The molecule has 0 fully saturated rings. The first-order valence-electron chi connectivity index (χ1n) is 3.83. The number of thioether (sulfide) groups is 2. The second-order valence-electron chi connectivity index (χ2n) is 2.60. The van der Waals surface area contributed by atoms with Crippen LogP contribution in [-0.2, 0) is 9.59 Å².